The first-order chi connectivity index (χ1) is 12.6. The molecular weight excluding hydrogens is 370 g/mol. The van der Waals surface area contributed by atoms with E-state index < -0.39 is 0 Å². The van der Waals surface area contributed by atoms with Crippen molar-refractivity contribution < 1.29 is 9.32 Å². The van der Waals surface area contributed by atoms with E-state index >= 15 is 0 Å². The molecule has 3 aromatic rings. The second-order valence-electron chi connectivity index (χ2n) is 6.41. The second kappa shape index (κ2) is 7.93. The number of amides is 1. The minimum atomic E-state index is -0.289. The highest BCUT2D eigenvalue weighted by Crippen LogP contribution is 2.23. The molecule has 0 spiro atoms. The van der Waals surface area contributed by atoms with E-state index in [0.717, 1.165) is 48.7 Å². The molecule has 0 fully saturated rings. The number of hydrogen-bond donors (Lipinski definition) is 2. The van der Waals surface area contributed by atoms with Crippen LogP contribution < -0.4 is 10.6 Å². The second-order valence-corrected chi connectivity index (χ2v) is 6.41. The van der Waals surface area contributed by atoms with Gasteiger partial charge in [0, 0.05) is 31.9 Å². The minimum absolute atomic E-state index is 0. The first kappa shape index (κ1) is 19.1. The molecule has 0 aromatic carbocycles. The molecule has 27 heavy (non-hydrogen) atoms. The molecular formula is C17H22ClN7O2. The fraction of sp³-hybridized carbons (Fsp3) is 0.412. The maximum atomic E-state index is 12.3. The average Bonchev–Trinajstić information content (AvgIpc) is 3.30. The Morgan fingerprint density at radius 3 is 3.04 bits per heavy atom. The summed E-state index contributed by atoms with van der Waals surface area (Å²) in [6, 6.07) is 3.65. The SMILES string of the molecule is Cc1c(-c2cc(C(=O)NCc3cc4n(n3)CCCNC4)no2)cnn1C.Cl. The first-order valence-electron chi connectivity index (χ1n) is 8.62. The van der Waals surface area contributed by atoms with Gasteiger partial charge in [0.25, 0.3) is 5.91 Å². The lowest BCUT2D eigenvalue weighted by molar-refractivity contribution is 0.0941. The number of hydrogen-bond acceptors (Lipinski definition) is 6. The van der Waals surface area contributed by atoms with Crippen molar-refractivity contribution in [3.8, 4) is 11.3 Å². The lowest BCUT2D eigenvalue weighted by Gasteiger charge is -2.00. The quantitative estimate of drug-likeness (QED) is 0.697. The van der Waals surface area contributed by atoms with Gasteiger partial charge in [-0.15, -0.1) is 12.4 Å². The van der Waals surface area contributed by atoms with Crippen LogP contribution in [-0.2, 0) is 26.7 Å². The molecule has 4 heterocycles. The maximum Gasteiger partial charge on any atom is 0.273 e. The van der Waals surface area contributed by atoms with E-state index in [2.05, 4.69) is 26.0 Å². The molecule has 0 aliphatic carbocycles. The minimum Gasteiger partial charge on any atom is -0.355 e. The van der Waals surface area contributed by atoms with Gasteiger partial charge >= 0.3 is 0 Å². The van der Waals surface area contributed by atoms with Crippen molar-refractivity contribution in [2.75, 3.05) is 6.54 Å². The van der Waals surface area contributed by atoms with Gasteiger partial charge in [0.05, 0.1) is 29.7 Å². The van der Waals surface area contributed by atoms with Crippen LogP contribution in [0, 0.1) is 6.92 Å². The van der Waals surface area contributed by atoms with Crippen LogP contribution in [0.15, 0.2) is 22.9 Å². The number of carbonyl (C=O) groups excluding carboxylic acids is 1. The normalized spacial score (nSPS) is 13.6. The molecule has 1 aliphatic heterocycles. The Labute approximate surface area is 162 Å². The molecule has 10 heteroatoms. The third-order valence-electron chi connectivity index (χ3n) is 4.62. The maximum absolute atomic E-state index is 12.3. The van der Waals surface area contributed by atoms with Gasteiger partial charge in [0.15, 0.2) is 11.5 Å². The van der Waals surface area contributed by atoms with Gasteiger partial charge in [-0.05, 0) is 26.0 Å². The molecule has 2 N–H and O–H groups in total. The molecule has 0 radical (unpaired) electrons. The summed E-state index contributed by atoms with van der Waals surface area (Å²) >= 11 is 0. The number of rotatable bonds is 4. The zero-order valence-electron chi connectivity index (χ0n) is 15.2. The van der Waals surface area contributed by atoms with E-state index in [1.807, 2.05) is 24.7 Å². The lowest BCUT2D eigenvalue weighted by atomic mass is 10.2. The molecule has 1 amide bonds. The van der Waals surface area contributed by atoms with E-state index in [1.165, 1.54) is 0 Å². The van der Waals surface area contributed by atoms with E-state index in [0.29, 0.717) is 12.3 Å². The molecule has 3 aromatic heterocycles. The van der Waals surface area contributed by atoms with Gasteiger partial charge in [0.2, 0.25) is 0 Å². The van der Waals surface area contributed by atoms with E-state index in [-0.39, 0.29) is 24.0 Å². The topological polar surface area (TPSA) is 103 Å². The average molecular weight is 392 g/mol. The Kier molecular flexibility index (Phi) is 5.62. The highest BCUT2D eigenvalue weighted by molar-refractivity contribution is 5.93. The number of nitrogens with one attached hydrogen (secondary N) is 2. The number of aryl methyl sites for hydroxylation is 2. The van der Waals surface area contributed by atoms with Crippen molar-refractivity contribution >= 4 is 18.3 Å². The molecule has 0 bridgehead atoms. The van der Waals surface area contributed by atoms with Gasteiger partial charge in [-0.3, -0.25) is 14.2 Å². The Bertz CT molecular complexity index is 920. The molecule has 144 valence electrons. The lowest BCUT2D eigenvalue weighted by Crippen LogP contribution is -2.23. The van der Waals surface area contributed by atoms with E-state index in [4.69, 9.17) is 4.52 Å². The van der Waals surface area contributed by atoms with Crippen molar-refractivity contribution in [3.05, 3.63) is 41.1 Å². The van der Waals surface area contributed by atoms with Crippen LogP contribution in [0.4, 0.5) is 0 Å². The van der Waals surface area contributed by atoms with Crippen molar-refractivity contribution in [1.29, 1.82) is 0 Å². The number of fused-ring (bicyclic) bond motifs is 1. The summed E-state index contributed by atoms with van der Waals surface area (Å²) in [7, 11) is 1.85. The summed E-state index contributed by atoms with van der Waals surface area (Å²) in [5.41, 5.74) is 3.99. The zero-order valence-corrected chi connectivity index (χ0v) is 16.0. The molecule has 1 aliphatic rings. The van der Waals surface area contributed by atoms with Crippen molar-refractivity contribution in [1.82, 2.24) is 35.4 Å². The predicted octanol–water partition coefficient (Wildman–Crippen LogP) is 1.43. The molecule has 0 saturated heterocycles. The van der Waals surface area contributed by atoms with Crippen LogP contribution in [0.25, 0.3) is 11.3 Å². The Morgan fingerprint density at radius 1 is 1.41 bits per heavy atom. The van der Waals surface area contributed by atoms with Crippen LogP contribution in [0.1, 0.15) is 34.0 Å². The standard InChI is InChI=1S/C17H21N7O2.ClH/c1-11-14(10-20-23(11)2)16-7-15(22-26-16)17(25)19-8-12-6-13-9-18-4-3-5-24(13)21-12;/h6-7,10,18H,3-5,8-9H2,1-2H3,(H,19,25);1H. The van der Waals surface area contributed by atoms with Crippen molar-refractivity contribution in [2.45, 2.75) is 33.0 Å². The fourth-order valence-corrected chi connectivity index (χ4v) is 3.02. The smallest absolute Gasteiger partial charge is 0.273 e. The highest BCUT2D eigenvalue weighted by Gasteiger charge is 2.17. The summed E-state index contributed by atoms with van der Waals surface area (Å²) in [5.74, 6) is 0.239. The summed E-state index contributed by atoms with van der Waals surface area (Å²) < 4.78 is 9.05. The molecule has 0 atom stereocenters. The summed E-state index contributed by atoms with van der Waals surface area (Å²) in [4.78, 5) is 12.3. The molecule has 0 saturated carbocycles. The molecule has 4 rings (SSSR count). The fourth-order valence-electron chi connectivity index (χ4n) is 3.02. The summed E-state index contributed by atoms with van der Waals surface area (Å²) in [6.07, 6.45) is 2.75. The third-order valence-corrected chi connectivity index (χ3v) is 4.62. The number of aromatic nitrogens is 5. The third kappa shape index (κ3) is 3.88. The van der Waals surface area contributed by atoms with Crippen LogP contribution in [0.2, 0.25) is 0 Å². The van der Waals surface area contributed by atoms with Gasteiger partial charge in [-0.1, -0.05) is 5.16 Å². The van der Waals surface area contributed by atoms with Crippen LogP contribution in [0.5, 0.6) is 0 Å². The van der Waals surface area contributed by atoms with Crippen LogP contribution in [0.3, 0.4) is 0 Å². The largest absolute Gasteiger partial charge is 0.355 e. The monoisotopic (exact) mass is 391 g/mol. The zero-order chi connectivity index (χ0) is 18.1. The van der Waals surface area contributed by atoms with Crippen LogP contribution >= 0.6 is 12.4 Å². The molecule has 0 unspecified atom stereocenters. The Balaban J connectivity index is 0.00000210. The van der Waals surface area contributed by atoms with Crippen LogP contribution in [-0.4, -0.2) is 37.2 Å². The van der Waals surface area contributed by atoms with Gasteiger partial charge in [0.1, 0.15) is 0 Å². The van der Waals surface area contributed by atoms with Crippen molar-refractivity contribution in [3.63, 3.8) is 0 Å². The van der Waals surface area contributed by atoms with Gasteiger partial charge < -0.3 is 15.2 Å². The summed E-state index contributed by atoms with van der Waals surface area (Å²) in [6.45, 7) is 4.99. The predicted molar refractivity (Wildman–Crippen MR) is 100 cm³/mol. The Hall–Kier alpha value is -2.65. The number of nitrogens with zero attached hydrogens (tertiary/aromatic N) is 5. The van der Waals surface area contributed by atoms with Gasteiger partial charge in [-0.25, -0.2) is 0 Å². The van der Waals surface area contributed by atoms with Crippen molar-refractivity contribution in [2.24, 2.45) is 7.05 Å². The van der Waals surface area contributed by atoms with Gasteiger partial charge in [-0.2, -0.15) is 10.2 Å². The first-order valence-corrected chi connectivity index (χ1v) is 8.62. The highest BCUT2D eigenvalue weighted by atomic mass is 35.5. The molecule has 9 nitrogen and oxygen atoms in total. The summed E-state index contributed by atoms with van der Waals surface area (Å²) in [5, 5.41) is 18.8. The van der Waals surface area contributed by atoms with E-state index in [1.54, 1.807) is 16.9 Å². The Morgan fingerprint density at radius 2 is 2.26 bits per heavy atom. The number of halogens is 1. The number of carbonyl (C=O) groups is 1. The van der Waals surface area contributed by atoms with E-state index in [9.17, 15) is 4.79 Å².